The molecule has 2 aromatic rings. The lowest BCUT2D eigenvalue weighted by atomic mass is 10.0. The number of hydrogen-bond acceptors (Lipinski definition) is 18. The molecule has 5 amide bonds. The summed E-state index contributed by atoms with van der Waals surface area (Å²) >= 11 is 0. The first-order valence-corrected chi connectivity index (χ1v) is 21.8. The first-order chi connectivity index (χ1) is 31.7. The molecule has 3 heterocycles. The number of nitrogens with two attached hydrogens (primary N) is 3. The summed E-state index contributed by atoms with van der Waals surface area (Å²) in [7, 11) is 1.49. The first-order valence-electron chi connectivity index (χ1n) is 21.8. The van der Waals surface area contributed by atoms with Crippen molar-refractivity contribution >= 4 is 46.8 Å². The molecule has 4 atom stereocenters. The lowest BCUT2D eigenvalue weighted by Gasteiger charge is -2.25. The zero-order chi connectivity index (χ0) is 48.4. The topological polar surface area (TPSA) is 352 Å². The third-order valence-corrected chi connectivity index (χ3v) is 9.93. The number of carbonyl (C=O) groups is 5. The lowest BCUT2D eigenvalue weighted by molar-refractivity contribution is -0.134. The smallest absolute Gasteiger partial charge is 0.409 e. The molecule has 26 nitrogen and oxygen atoms in total. The number of imidazole rings is 1. The maximum atomic E-state index is 13.4. The van der Waals surface area contributed by atoms with E-state index in [4.69, 9.17) is 50.5 Å². The summed E-state index contributed by atoms with van der Waals surface area (Å²) in [6, 6.07) is -1.91. The molecule has 2 aromatic heterocycles. The molecule has 66 heavy (non-hydrogen) atoms. The fourth-order valence-electron chi connectivity index (χ4n) is 6.51. The van der Waals surface area contributed by atoms with Crippen molar-refractivity contribution in [3.05, 3.63) is 33.5 Å². The van der Waals surface area contributed by atoms with E-state index in [2.05, 4.69) is 32.5 Å². The average molecular weight is 941 g/mol. The molecule has 1 saturated heterocycles. The van der Waals surface area contributed by atoms with E-state index in [0.717, 1.165) is 0 Å². The SMILES string of the molecule is C=CCn1c(=O)n(C2CCC(COC(=O)N(C)CCNC(=O)C(CCCCN)NC(=O)C(NC(=O)COCCOCCOCCOCCOCC(=O)NN)C(C)C)O2)c2nc(N)[nH]c(=O)c21. The quantitative estimate of drug-likeness (QED) is 0.0119. The number of aromatic amines is 1. The van der Waals surface area contributed by atoms with Crippen molar-refractivity contribution in [2.75, 3.05) is 105 Å². The number of nitrogens with zero attached hydrogens (tertiary/aromatic N) is 4. The molecule has 0 aliphatic carbocycles. The molecular weight excluding hydrogens is 873 g/mol. The molecule has 0 saturated carbocycles. The number of likely N-dealkylation sites (N-methyl/N-ethyl adjacent to an activating group) is 1. The van der Waals surface area contributed by atoms with Crippen molar-refractivity contribution in [1.29, 1.82) is 0 Å². The van der Waals surface area contributed by atoms with Gasteiger partial charge in [-0.2, -0.15) is 4.98 Å². The maximum absolute atomic E-state index is 13.4. The Hall–Kier alpha value is -5.48. The Labute approximate surface area is 381 Å². The lowest BCUT2D eigenvalue weighted by Crippen LogP contribution is -2.56. The zero-order valence-electron chi connectivity index (χ0n) is 38.0. The Balaban J connectivity index is 1.36. The van der Waals surface area contributed by atoms with E-state index >= 15 is 0 Å². The number of fused-ring (bicyclic) bond motifs is 1. The number of nitrogens with one attached hydrogen (secondary N) is 5. The van der Waals surface area contributed by atoms with E-state index in [9.17, 15) is 33.6 Å². The summed E-state index contributed by atoms with van der Waals surface area (Å²) in [5.41, 5.74) is 12.4. The van der Waals surface area contributed by atoms with Crippen molar-refractivity contribution in [1.82, 2.24) is 45.4 Å². The minimum atomic E-state index is -0.966. The molecule has 0 radical (unpaired) electrons. The van der Waals surface area contributed by atoms with Gasteiger partial charge in [0.25, 0.3) is 11.5 Å². The van der Waals surface area contributed by atoms with Crippen LogP contribution in [0.5, 0.6) is 0 Å². The Morgan fingerprint density at radius 1 is 0.924 bits per heavy atom. The number of H-pyrrole nitrogens is 1. The summed E-state index contributed by atoms with van der Waals surface area (Å²) in [4.78, 5) is 97.1. The second-order valence-electron chi connectivity index (χ2n) is 15.4. The van der Waals surface area contributed by atoms with Crippen LogP contribution in [0.2, 0.25) is 0 Å². The van der Waals surface area contributed by atoms with Crippen LogP contribution in [0.4, 0.5) is 10.7 Å². The van der Waals surface area contributed by atoms with Crippen LogP contribution in [0.3, 0.4) is 0 Å². The van der Waals surface area contributed by atoms with Gasteiger partial charge in [-0.1, -0.05) is 19.9 Å². The van der Waals surface area contributed by atoms with Gasteiger partial charge in [0, 0.05) is 26.7 Å². The normalized spacial score (nSPS) is 15.6. The van der Waals surface area contributed by atoms with E-state index in [1.54, 1.807) is 13.8 Å². The van der Waals surface area contributed by atoms with Crippen molar-refractivity contribution < 1.29 is 57.1 Å². The van der Waals surface area contributed by atoms with Gasteiger partial charge in [0.1, 0.15) is 38.1 Å². The average Bonchev–Trinajstić information content (AvgIpc) is 3.86. The molecule has 3 rings (SSSR count). The highest BCUT2D eigenvalue weighted by molar-refractivity contribution is 5.92. The zero-order valence-corrected chi connectivity index (χ0v) is 38.0. The number of amides is 5. The molecular formula is C40H68N12O14. The van der Waals surface area contributed by atoms with Gasteiger partial charge in [-0.05, 0) is 44.6 Å². The minimum absolute atomic E-state index is 0.0345. The highest BCUT2D eigenvalue weighted by Crippen LogP contribution is 2.29. The van der Waals surface area contributed by atoms with Crippen LogP contribution in [0.25, 0.3) is 11.2 Å². The highest BCUT2D eigenvalue weighted by atomic mass is 16.6. The second-order valence-corrected chi connectivity index (χ2v) is 15.4. The molecule has 4 unspecified atom stereocenters. The van der Waals surface area contributed by atoms with E-state index < -0.39 is 65.4 Å². The number of allylic oxidation sites excluding steroid dienone is 1. The number of aromatic nitrogens is 4. The number of nitrogen functional groups attached to an aromatic ring is 1. The number of ether oxygens (including phenoxy) is 7. The highest BCUT2D eigenvalue weighted by Gasteiger charge is 2.33. The number of rotatable bonds is 33. The minimum Gasteiger partial charge on any atom is -0.447 e. The number of hydrazine groups is 1. The molecule has 0 bridgehead atoms. The van der Waals surface area contributed by atoms with Gasteiger partial charge in [-0.25, -0.2) is 20.0 Å². The molecule has 0 spiro atoms. The van der Waals surface area contributed by atoms with Gasteiger partial charge in [0.15, 0.2) is 11.2 Å². The van der Waals surface area contributed by atoms with Crippen LogP contribution in [-0.2, 0) is 58.9 Å². The maximum Gasteiger partial charge on any atom is 0.409 e. The monoisotopic (exact) mass is 940 g/mol. The standard InChI is InChI=1S/C40H68N12O14/c1-5-13-51-33-34(47-38(42)48-37(33)57)52(39(51)58)31-10-9-27(66-31)23-65-40(59)50(4)14-12-44-35(55)28(8-6-7-11-41)45-36(56)32(26(2)3)46-29(53)24-63-21-19-61-17-15-60-16-18-62-20-22-64-25-30(54)49-43/h5,26-28,31-32H,1,6-25,41,43H2,2-4H3,(H,44,55)(H,45,56)(H,46,53)(H,49,54)(H3,42,47,48,57). The molecule has 1 aliphatic rings. The predicted molar refractivity (Wildman–Crippen MR) is 237 cm³/mol. The van der Waals surface area contributed by atoms with Gasteiger partial charge in [-0.3, -0.25) is 38.9 Å². The van der Waals surface area contributed by atoms with Crippen molar-refractivity contribution in [3.63, 3.8) is 0 Å². The van der Waals surface area contributed by atoms with E-state index in [1.165, 1.54) is 27.2 Å². The summed E-state index contributed by atoms with van der Waals surface area (Å²) in [6.07, 6.45) is 1.71. The van der Waals surface area contributed by atoms with Gasteiger partial charge < -0.3 is 65.5 Å². The molecule has 1 fully saturated rings. The van der Waals surface area contributed by atoms with Crippen LogP contribution >= 0.6 is 0 Å². The molecule has 11 N–H and O–H groups in total. The summed E-state index contributed by atoms with van der Waals surface area (Å²) in [5, 5.41) is 8.19. The molecule has 1 aliphatic heterocycles. The van der Waals surface area contributed by atoms with Crippen LogP contribution in [-0.4, -0.2) is 171 Å². The van der Waals surface area contributed by atoms with Crippen LogP contribution in [0.1, 0.15) is 52.2 Å². The molecule has 372 valence electrons. The molecule has 0 aromatic carbocycles. The third kappa shape index (κ3) is 18.4. The van der Waals surface area contributed by atoms with Crippen LogP contribution in [0, 0.1) is 5.92 Å². The molecule has 26 heteroatoms. The van der Waals surface area contributed by atoms with Gasteiger partial charge in [0.05, 0.1) is 59.0 Å². The number of anilines is 1. The summed E-state index contributed by atoms with van der Waals surface area (Å²) in [6.45, 7) is 9.29. The fourth-order valence-corrected chi connectivity index (χ4v) is 6.51. The Kier molecular flexibility index (Phi) is 24.9. The third-order valence-electron chi connectivity index (χ3n) is 9.93. The summed E-state index contributed by atoms with van der Waals surface area (Å²) < 4.78 is 40.6. The predicted octanol–water partition coefficient (Wildman–Crippen LogP) is -2.66. The van der Waals surface area contributed by atoms with E-state index in [0.29, 0.717) is 65.3 Å². The number of hydrogen-bond donors (Lipinski definition) is 8. The fraction of sp³-hybridized carbons (Fsp3) is 0.700. The van der Waals surface area contributed by atoms with Crippen molar-refractivity contribution in [3.8, 4) is 0 Å². The Morgan fingerprint density at radius 3 is 2.14 bits per heavy atom. The Morgan fingerprint density at radius 2 is 1.55 bits per heavy atom. The van der Waals surface area contributed by atoms with Gasteiger partial charge >= 0.3 is 11.8 Å². The van der Waals surface area contributed by atoms with E-state index in [-0.39, 0.29) is 88.7 Å². The first kappa shape index (κ1) is 54.9. The largest absolute Gasteiger partial charge is 0.447 e. The summed E-state index contributed by atoms with van der Waals surface area (Å²) in [5.74, 6) is 2.48. The van der Waals surface area contributed by atoms with E-state index in [1.807, 2.05) is 5.43 Å². The van der Waals surface area contributed by atoms with Crippen LogP contribution in [0.15, 0.2) is 22.2 Å². The second kappa shape index (κ2) is 29.9. The van der Waals surface area contributed by atoms with Crippen molar-refractivity contribution in [2.24, 2.45) is 17.5 Å². The van der Waals surface area contributed by atoms with Crippen LogP contribution < -0.4 is 49.9 Å². The van der Waals surface area contributed by atoms with Gasteiger partial charge in [-0.15, -0.1) is 6.58 Å². The van der Waals surface area contributed by atoms with Crippen molar-refractivity contribution in [2.45, 2.75) is 76.9 Å². The number of carbonyl (C=O) groups excluding carboxylic acids is 5. The van der Waals surface area contributed by atoms with Gasteiger partial charge in [0.2, 0.25) is 23.7 Å². The number of unbranched alkanes of at least 4 members (excludes halogenated alkanes) is 1. The Bertz CT molecular complexity index is 1970.